The molecule has 0 amide bonds. The maximum atomic E-state index is 12.3. The van der Waals surface area contributed by atoms with Gasteiger partial charge < -0.3 is 14.8 Å². The molecule has 2 N–H and O–H groups in total. The Balaban J connectivity index is 3.01. The second-order valence-electron chi connectivity index (χ2n) is 3.86. The number of hydrogen-bond acceptors (Lipinski definition) is 5. The number of H-pyrrole nitrogens is 1. The fraction of sp³-hybridized carbons (Fsp3) is 0.455. The minimum atomic E-state index is -3.85. The monoisotopic (exact) mass is 301 g/mol. The summed E-state index contributed by atoms with van der Waals surface area (Å²) in [7, 11) is -2.41. The van der Waals surface area contributed by atoms with Crippen molar-refractivity contribution < 1.29 is 23.1 Å². The molecule has 110 valence electrons. The highest BCUT2D eigenvalue weighted by Gasteiger charge is 2.25. The lowest BCUT2D eigenvalue weighted by Crippen LogP contribution is -2.34. The van der Waals surface area contributed by atoms with Crippen molar-refractivity contribution in [2.24, 2.45) is 0 Å². The predicted octanol–water partition coefficient (Wildman–Crippen LogP) is 0.264. The summed E-state index contributed by atoms with van der Waals surface area (Å²) in [5.41, 5.74) is -0.212. The van der Waals surface area contributed by atoms with Gasteiger partial charge in [-0.3, -0.25) is 0 Å². The van der Waals surface area contributed by atoms with Gasteiger partial charge >= 0.3 is 5.97 Å². The number of aromatic amines is 1. The molecule has 0 saturated heterocycles. The first kappa shape index (κ1) is 16.2. The standard InChI is InChI=1S/C11H15N3O5S/c1-19-6-5-14(4-2-3-12)20(17,18)9-7-10(11(15)16)13-8-9/h7-8,13H,2,4-6H2,1H3,(H,15,16). The summed E-state index contributed by atoms with van der Waals surface area (Å²) in [5.74, 6) is -1.24. The number of rotatable bonds is 8. The Bertz CT molecular complexity index is 602. The van der Waals surface area contributed by atoms with Crippen LogP contribution in [0.25, 0.3) is 0 Å². The van der Waals surface area contributed by atoms with Gasteiger partial charge in [0.1, 0.15) is 10.6 Å². The molecule has 0 bridgehead atoms. The third-order valence-corrected chi connectivity index (χ3v) is 4.42. The molecule has 1 aromatic heterocycles. The van der Waals surface area contributed by atoms with Crippen molar-refractivity contribution in [3.8, 4) is 6.07 Å². The summed E-state index contributed by atoms with van der Waals surface area (Å²) in [6, 6.07) is 2.92. The van der Waals surface area contributed by atoms with Crippen LogP contribution in [0.2, 0.25) is 0 Å². The number of aromatic nitrogens is 1. The zero-order chi connectivity index (χ0) is 15.2. The average Bonchev–Trinajstić information content (AvgIpc) is 2.89. The average molecular weight is 301 g/mol. The summed E-state index contributed by atoms with van der Waals surface area (Å²) >= 11 is 0. The summed E-state index contributed by atoms with van der Waals surface area (Å²) in [4.78, 5) is 13.0. The SMILES string of the molecule is COCCN(CCC#N)S(=O)(=O)c1c[nH]c(C(=O)O)c1. The Morgan fingerprint density at radius 1 is 1.55 bits per heavy atom. The van der Waals surface area contributed by atoms with E-state index in [9.17, 15) is 13.2 Å². The minimum Gasteiger partial charge on any atom is -0.477 e. The number of carbonyl (C=O) groups is 1. The fourth-order valence-electron chi connectivity index (χ4n) is 1.52. The number of hydrogen-bond donors (Lipinski definition) is 2. The molecule has 0 aliphatic carbocycles. The highest BCUT2D eigenvalue weighted by Crippen LogP contribution is 2.17. The molecule has 1 rings (SSSR count). The number of methoxy groups -OCH3 is 1. The Hall–Kier alpha value is -1.89. The molecule has 0 atom stereocenters. The van der Waals surface area contributed by atoms with Gasteiger partial charge in [-0.15, -0.1) is 0 Å². The third-order valence-electron chi connectivity index (χ3n) is 2.54. The first-order valence-corrected chi connectivity index (χ1v) is 7.15. The molecule has 1 heterocycles. The van der Waals surface area contributed by atoms with E-state index in [4.69, 9.17) is 15.1 Å². The number of carboxylic acids is 1. The normalized spacial score (nSPS) is 11.4. The van der Waals surface area contributed by atoms with Crippen molar-refractivity contribution >= 4 is 16.0 Å². The lowest BCUT2D eigenvalue weighted by atomic mass is 10.4. The molecule has 9 heteroatoms. The van der Waals surface area contributed by atoms with Crippen molar-refractivity contribution in [3.63, 3.8) is 0 Å². The lowest BCUT2D eigenvalue weighted by molar-refractivity contribution is 0.0691. The first-order chi connectivity index (χ1) is 9.43. The number of nitrogens with one attached hydrogen (secondary N) is 1. The molecular weight excluding hydrogens is 286 g/mol. The van der Waals surface area contributed by atoms with Crippen molar-refractivity contribution in [2.45, 2.75) is 11.3 Å². The predicted molar refractivity (Wildman–Crippen MR) is 68.6 cm³/mol. The Morgan fingerprint density at radius 2 is 2.25 bits per heavy atom. The Morgan fingerprint density at radius 3 is 2.75 bits per heavy atom. The molecule has 0 spiro atoms. The van der Waals surface area contributed by atoms with Gasteiger partial charge in [0, 0.05) is 32.8 Å². The zero-order valence-corrected chi connectivity index (χ0v) is 11.7. The quantitative estimate of drug-likeness (QED) is 0.710. The maximum Gasteiger partial charge on any atom is 0.352 e. The number of nitrogens with zero attached hydrogens (tertiary/aromatic N) is 2. The van der Waals surface area contributed by atoms with E-state index in [1.165, 1.54) is 7.11 Å². The van der Waals surface area contributed by atoms with Gasteiger partial charge in [-0.1, -0.05) is 0 Å². The van der Waals surface area contributed by atoms with E-state index in [2.05, 4.69) is 4.98 Å². The molecule has 1 aromatic rings. The summed E-state index contributed by atoms with van der Waals surface area (Å²) < 4.78 is 30.6. The van der Waals surface area contributed by atoms with Gasteiger partial charge in [0.25, 0.3) is 0 Å². The lowest BCUT2D eigenvalue weighted by Gasteiger charge is -2.19. The van der Waals surface area contributed by atoms with Crippen LogP contribution in [0.1, 0.15) is 16.9 Å². The van der Waals surface area contributed by atoms with Crippen molar-refractivity contribution in [2.75, 3.05) is 26.8 Å². The van der Waals surface area contributed by atoms with Gasteiger partial charge in [-0.2, -0.15) is 9.57 Å². The second-order valence-corrected chi connectivity index (χ2v) is 5.80. The number of carboxylic acid groups (broad SMARTS) is 1. The molecular formula is C11H15N3O5S. The molecule has 0 fully saturated rings. The van der Waals surface area contributed by atoms with E-state index in [1.54, 1.807) is 0 Å². The van der Waals surface area contributed by atoms with E-state index in [0.717, 1.165) is 16.6 Å². The van der Waals surface area contributed by atoms with E-state index in [-0.39, 0.29) is 36.7 Å². The first-order valence-electron chi connectivity index (χ1n) is 5.71. The summed E-state index contributed by atoms with van der Waals surface area (Å²) in [6.07, 6.45) is 1.16. The van der Waals surface area contributed by atoms with E-state index < -0.39 is 16.0 Å². The number of ether oxygens (including phenoxy) is 1. The molecule has 8 nitrogen and oxygen atoms in total. The van der Waals surface area contributed by atoms with Gasteiger partial charge in [-0.05, 0) is 6.07 Å². The molecule has 0 aliphatic rings. The van der Waals surface area contributed by atoms with Crippen molar-refractivity contribution in [1.29, 1.82) is 5.26 Å². The van der Waals surface area contributed by atoms with E-state index in [1.807, 2.05) is 6.07 Å². The second kappa shape index (κ2) is 7.04. The maximum absolute atomic E-state index is 12.3. The van der Waals surface area contributed by atoms with Gasteiger partial charge in [0.05, 0.1) is 12.7 Å². The van der Waals surface area contributed by atoms with E-state index in [0.29, 0.717) is 0 Å². The third kappa shape index (κ3) is 3.80. The molecule has 0 aliphatic heterocycles. The van der Waals surface area contributed by atoms with Gasteiger partial charge in [0.15, 0.2) is 0 Å². The van der Waals surface area contributed by atoms with Crippen LogP contribution in [0.15, 0.2) is 17.2 Å². The molecule has 0 aromatic carbocycles. The van der Waals surface area contributed by atoms with Gasteiger partial charge in [-0.25, -0.2) is 13.2 Å². The van der Waals surface area contributed by atoms with Crippen molar-refractivity contribution in [1.82, 2.24) is 9.29 Å². The molecule has 20 heavy (non-hydrogen) atoms. The Labute approximate surface area is 116 Å². The van der Waals surface area contributed by atoms with Crippen LogP contribution >= 0.6 is 0 Å². The van der Waals surface area contributed by atoms with E-state index >= 15 is 0 Å². The van der Waals surface area contributed by atoms with Crippen molar-refractivity contribution in [3.05, 3.63) is 18.0 Å². The number of aromatic carboxylic acids is 1. The fourth-order valence-corrected chi connectivity index (χ4v) is 2.94. The van der Waals surface area contributed by atoms with Crippen LogP contribution in [-0.4, -0.2) is 55.6 Å². The minimum absolute atomic E-state index is 0.0236. The number of sulfonamides is 1. The topological polar surface area (TPSA) is 123 Å². The van der Waals surface area contributed by atoms with Crippen LogP contribution in [0, 0.1) is 11.3 Å². The molecule has 0 radical (unpaired) electrons. The smallest absolute Gasteiger partial charge is 0.352 e. The van der Waals surface area contributed by atoms with Crippen LogP contribution in [0.4, 0.5) is 0 Å². The largest absolute Gasteiger partial charge is 0.477 e. The zero-order valence-electron chi connectivity index (χ0n) is 10.9. The van der Waals surface area contributed by atoms with Gasteiger partial charge in [0.2, 0.25) is 10.0 Å². The molecule has 0 saturated carbocycles. The molecule has 0 unspecified atom stereocenters. The summed E-state index contributed by atoms with van der Waals surface area (Å²) in [6.45, 7) is 0.296. The summed E-state index contributed by atoms with van der Waals surface area (Å²) in [5, 5.41) is 17.3. The number of nitriles is 1. The highest BCUT2D eigenvalue weighted by molar-refractivity contribution is 7.89. The van der Waals surface area contributed by atoms with Crippen LogP contribution < -0.4 is 0 Å². The van der Waals surface area contributed by atoms with Crippen LogP contribution in [0.5, 0.6) is 0 Å². The Kier molecular flexibility index (Phi) is 5.69. The van der Waals surface area contributed by atoms with Crippen LogP contribution in [0.3, 0.4) is 0 Å². The highest BCUT2D eigenvalue weighted by atomic mass is 32.2. The van der Waals surface area contributed by atoms with Crippen LogP contribution in [-0.2, 0) is 14.8 Å².